The van der Waals surface area contributed by atoms with Gasteiger partial charge < -0.3 is 5.11 Å². The molecule has 1 rings (SSSR count). The molecule has 82 valence electrons. The SMILES string of the molecule is CCC(N[C@@H](C)c1ccccc1)C(=O)O. The molecule has 0 saturated carbocycles. The zero-order valence-electron chi connectivity index (χ0n) is 9.10. The Kier molecular flexibility index (Phi) is 4.31. The molecule has 0 fully saturated rings. The summed E-state index contributed by atoms with van der Waals surface area (Å²) < 4.78 is 0. The Balaban J connectivity index is 2.62. The molecule has 15 heavy (non-hydrogen) atoms. The average molecular weight is 207 g/mol. The molecule has 0 spiro atoms. The Morgan fingerprint density at radius 3 is 2.47 bits per heavy atom. The molecule has 0 aliphatic rings. The van der Waals surface area contributed by atoms with Gasteiger partial charge in [0.05, 0.1) is 0 Å². The van der Waals surface area contributed by atoms with Gasteiger partial charge in [0.15, 0.2) is 0 Å². The topological polar surface area (TPSA) is 49.3 Å². The Hall–Kier alpha value is -1.35. The second kappa shape index (κ2) is 5.51. The summed E-state index contributed by atoms with van der Waals surface area (Å²) in [7, 11) is 0. The maximum Gasteiger partial charge on any atom is 0.320 e. The van der Waals surface area contributed by atoms with Crippen molar-refractivity contribution in [3.63, 3.8) is 0 Å². The Bertz CT molecular complexity index is 311. The van der Waals surface area contributed by atoms with Crippen LogP contribution in [0.15, 0.2) is 30.3 Å². The molecule has 0 aliphatic heterocycles. The summed E-state index contributed by atoms with van der Waals surface area (Å²) in [5.41, 5.74) is 1.11. The molecule has 1 aromatic carbocycles. The Morgan fingerprint density at radius 1 is 1.40 bits per heavy atom. The van der Waals surface area contributed by atoms with Crippen LogP contribution in [0.3, 0.4) is 0 Å². The lowest BCUT2D eigenvalue weighted by Gasteiger charge is -2.19. The Labute approximate surface area is 90.1 Å². The lowest BCUT2D eigenvalue weighted by atomic mass is 10.1. The van der Waals surface area contributed by atoms with E-state index in [4.69, 9.17) is 5.11 Å². The van der Waals surface area contributed by atoms with E-state index in [1.807, 2.05) is 44.2 Å². The lowest BCUT2D eigenvalue weighted by Crippen LogP contribution is -2.37. The molecule has 1 unspecified atom stereocenters. The quantitative estimate of drug-likeness (QED) is 0.778. The van der Waals surface area contributed by atoms with Crippen LogP contribution < -0.4 is 5.32 Å². The fraction of sp³-hybridized carbons (Fsp3) is 0.417. The first-order valence-electron chi connectivity index (χ1n) is 5.19. The van der Waals surface area contributed by atoms with Crippen molar-refractivity contribution in [3.8, 4) is 0 Å². The summed E-state index contributed by atoms with van der Waals surface area (Å²) in [4.78, 5) is 10.8. The van der Waals surface area contributed by atoms with E-state index < -0.39 is 12.0 Å². The summed E-state index contributed by atoms with van der Waals surface area (Å²) in [6.45, 7) is 3.84. The molecule has 2 atom stereocenters. The molecule has 0 aliphatic carbocycles. The molecule has 0 radical (unpaired) electrons. The highest BCUT2D eigenvalue weighted by Gasteiger charge is 2.17. The minimum atomic E-state index is -0.791. The number of benzene rings is 1. The van der Waals surface area contributed by atoms with E-state index in [0.717, 1.165) is 5.56 Å². The largest absolute Gasteiger partial charge is 0.480 e. The van der Waals surface area contributed by atoms with E-state index in [0.29, 0.717) is 6.42 Å². The average Bonchev–Trinajstić information content (AvgIpc) is 2.26. The number of carboxylic acids is 1. The number of carbonyl (C=O) groups is 1. The molecule has 1 aromatic rings. The number of hydrogen-bond acceptors (Lipinski definition) is 2. The van der Waals surface area contributed by atoms with Gasteiger partial charge in [-0.2, -0.15) is 0 Å². The number of aliphatic carboxylic acids is 1. The molecule has 0 amide bonds. The fourth-order valence-electron chi connectivity index (χ4n) is 1.50. The van der Waals surface area contributed by atoms with Crippen molar-refractivity contribution in [2.45, 2.75) is 32.4 Å². The van der Waals surface area contributed by atoms with Crippen molar-refractivity contribution in [1.29, 1.82) is 0 Å². The monoisotopic (exact) mass is 207 g/mol. The molecular formula is C12H17NO2. The normalized spacial score (nSPS) is 14.5. The van der Waals surface area contributed by atoms with Gasteiger partial charge in [0.25, 0.3) is 0 Å². The fourth-order valence-corrected chi connectivity index (χ4v) is 1.50. The van der Waals surface area contributed by atoms with Crippen LogP contribution in [0.25, 0.3) is 0 Å². The molecule has 0 bridgehead atoms. The minimum absolute atomic E-state index is 0.0623. The molecular weight excluding hydrogens is 190 g/mol. The van der Waals surface area contributed by atoms with Crippen molar-refractivity contribution in [2.75, 3.05) is 0 Å². The van der Waals surface area contributed by atoms with Gasteiger partial charge in [0.2, 0.25) is 0 Å². The van der Waals surface area contributed by atoms with Crippen molar-refractivity contribution < 1.29 is 9.90 Å². The van der Waals surface area contributed by atoms with E-state index in [9.17, 15) is 4.79 Å². The van der Waals surface area contributed by atoms with Crippen LogP contribution in [0.1, 0.15) is 31.9 Å². The second-order valence-electron chi connectivity index (χ2n) is 3.60. The van der Waals surface area contributed by atoms with Crippen LogP contribution in [0.2, 0.25) is 0 Å². The second-order valence-corrected chi connectivity index (χ2v) is 3.60. The maximum absolute atomic E-state index is 10.8. The smallest absolute Gasteiger partial charge is 0.320 e. The first-order valence-corrected chi connectivity index (χ1v) is 5.19. The summed E-state index contributed by atoms with van der Waals surface area (Å²) >= 11 is 0. The van der Waals surface area contributed by atoms with Gasteiger partial charge in [-0.1, -0.05) is 37.3 Å². The summed E-state index contributed by atoms with van der Waals surface area (Å²) in [5, 5.41) is 12.0. The molecule has 0 heterocycles. The van der Waals surface area contributed by atoms with Gasteiger partial charge in [-0.25, -0.2) is 0 Å². The predicted octanol–water partition coefficient (Wildman–Crippen LogP) is 2.20. The highest BCUT2D eigenvalue weighted by molar-refractivity contribution is 5.73. The first kappa shape index (κ1) is 11.7. The maximum atomic E-state index is 10.8. The highest BCUT2D eigenvalue weighted by Crippen LogP contribution is 2.12. The predicted molar refractivity (Wildman–Crippen MR) is 59.7 cm³/mol. The lowest BCUT2D eigenvalue weighted by molar-refractivity contribution is -0.139. The van der Waals surface area contributed by atoms with Gasteiger partial charge in [0, 0.05) is 6.04 Å². The van der Waals surface area contributed by atoms with Gasteiger partial charge in [-0.05, 0) is 18.9 Å². The number of carboxylic acid groups (broad SMARTS) is 1. The van der Waals surface area contributed by atoms with Crippen LogP contribution in [-0.2, 0) is 4.79 Å². The summed E-state index contributed by atoms with van der Waals surface area (Å²) in [6.07, 6.45) is 0.590. The van der Waals surface area contributed by atoms with E-state index >= 15 is 0 Å². The molecule has 0 saturated heterocycles. The van der Waals surface area contributed by atoms with Gasteiger partial charge in [-0.3, -0.25) is 10.1 Å². The van der Waals surface area contributed by atoms with Crippen molar-refractivity contribution >= 4 is 5.97 Å². The molecule has 2 N–H and O–H groups in total. The van der Waals surface area contributed by atoms with Crippen LogP contribution in [0.4, 0.5) is 0 Å². The van der Waals surface area contributed by atoms with E-state index in [1.54, 1.807) is 0 Å². The third-order valence-electron chi connectivity index (χ3n) is 2.46. The van der Waals surface area contributed by atoms with Crippen LogP contribution in [0, 0.1) is 0 Å². The van der Waals surface area contributed by atoms with E-state index in [1.165, 1.54) is 0 Å². The van der Waals surface area contributed by atoms with E-state index in [2.05, 4.69) is 5.32 Å². The van der Waals surface area contributed by atoms with Crippen LogP contribution in [0.5, 0.6) is 0 Å². The highest BCUT2D eigenvalue weighted by atomic mass is 16.4. The van der Waals surface area contributed by atoms with Crippen LogP contribution >= 0.6 is 0 Å². The zero-order chi connectivity index (χ0) is 11.3. The van der Waals surface area contributed by atoms with Gasteiger partial charge >= 0.3 is 5.97 Å². The van der Waals surface area contributed by atoms with Crippen molar-refractivity contribution in [3.05, 3.63) is 35.9 Å². The van der Waals surface area contributed by atoms with Crippen molar-refractivity contribution in [1.82, 2.24) is 5.32 Å². The minimum Gasteiger partial charge on any atom is -0.480 e. The zero-order valence-corrected chi connectivity index (χ0v) is 9.10. The Morgan fingerprint density at radius 2 is 2.00 bits per heavy atom. The number of rotatable bonds is 5. The molecule has 3 nitrogen and oxygen atoms in total. The molecule has 3 heteroatoms. The first-order chi connectivity index (χ1) is 7.15. The number of nitrogens with one attached hydrogen (secondary N) is 1. The van der Waals surface area contributed by atoms with Crippen molar-refractivity contribution in [2.24, 2.45) is 0 Å². The van der Waals surface area contributed by atoms with E-state index in [-0.39, 0.29) is 6.04 Å². The van der Waals surface area contributed by atoms with Gasteiger partial charge in [0.1, 0.15) is 6.04 Å². The summed E-state index contributed by atoms with van der Waals surface area (Å²) in [5.74, 6) is -0.791. The number of hydrogen-bond donors (Lipinski definition) is 2. The standard InChI is InChI=1S/C12H17NO2/c1-3-11(12(14)15)13-9(2)10-7-5-4-6-8-10/h4-9,11,13H,3H2,1-2H3,(H,14,15)/t9-,11?/m0/s1. The van der Waals surface area contributed by atoms with Crippen LogP contribution in [-0.4, -0.2) is 17.1 Å². The third-order valence-corrected chi connectivity index (χ3v) is 2.46. The summed E-state index contributed by atoms with van der Waals surface area (Å²) in [6, 6.07) is 9.43. The third kappa shape index (κ3) is 3.36. The molecule has 0 aromatic heterocycles. The van der Waals surface area contributed by atoms with Gasteiger partial charge in [-0.15, -0.1) is 0 Å².